The fourth-order valence-corrected chi connectivity index (χ4v) is 4.05. The standard InChI is InChI=1S/C24H17F4NOS/c1-14-22(29-20-4-2-3-19(25)21(20)23(14)30)17-9-5-15(6-10-17)13-16-7-11-18(12-8-16)31-24(26,27)28/h2-12H,13H2,1H3,(H,29,30). The molecule has 0 aliphatic rings. The third-order valence-corrected chi connectivity index (χ3v) is 5.76. The van der Waals surface area contributed by atoms with Gasteiger partial charge in [0.15, 0.2) is 5.43 Å². The highest BCUT2D eigenvalue weighted by molar-refractivity contribution is 8.00. The number of pyridine rings is 1. The van der Waals surface area contributed by atoms with Crippen molar-refractivity contribution in [1.82, 2.24) is 4.98 Å². The number of nitrogens with one attached hydrogen (secondary N) is 1. The van der Waals surface area contributed by atoms with Crippen LogP contribution in [0.2, 0.25) is 0 Å². The van der Waals surface area contributed by atoms with Gasteiger partial charge in [-0.1, -0.05) is 42.5 Å². The highest BCUT2D eigenvalue weighted by atomic mass is 32.2. The van der Waals surface area contributed by atoms with E-state index in [0.717, 1.165) is 16.7 Å². The van der Waals surface area contributed by atoms with Gasteiger partial charge in [-0.05, 0) is 66.1 Å². The fraction of sp³-hybridized carbons (Fsp3) is 0.125. The van der Waals surface area contributed by atoms with Crippen LogP contribution in [0.25, 0.3) is 22.2 Å². The van der Waals surface area contributed by atoms with E-state index in [2.05, 4.69) is 4.98 Å². The van der Waals surface area contributed by atoms with Gasteiger partial charge in [-0.3, -0.25) is 4.79 Å². The first-order valence-corrected chi connectivity index (χ1v) is 10.3. The summed E-state index contributed by atoms with van der Waals surface area (Å²) in [5.41, 5.74) is -0.482. The van der Waals surface area contributed by atoms with Crippen molar-refractivity contribution in [2.75, 3.05) is 0 Å². The summed E-state index contributed by atoms with van der Waals surface area (Å²) in [6.45, 7) is 1.66. The van der Waals surface area contributed by atoms with E-state index in [1.54, 1.807) is 31.2 Å². The first-order chi connectivity index (χ1) is 14.7. The lowest BCUT2D eigenvalue weighted by atomic mass is 10.00. The van der Waals surface area contributed by atoms with Crippen molar-refractivity contribution in [1.29, 1.82) is 0 Å². The predicted octanol–water partition coefficient (Wildman–Crippen LogP) is 6.85. The van der Waals surface area contributed by atoms with Crippen LogP contribution >= 0.6 is 11.8 Å². The Balaban J connectivity index is 1.58. The van der Waals surface area contributed by atoms with Gasteiger partial charge in [-0.25, -0.2) is 4.39 Å². The van der Waals surface area contributed by atoms with E-state index >= 15 is 0 Å². The second kappa shape index (κ2) is 8.23. The number of H-pyrrole nitrogens is 1. The van der Waals surface area contributed by atoms with Crippen LogP contribution < -0.4 is 5.43 Å². The lowest BCUT2D eigenvalue weighted by Gasteiger charge is -2.10. The van der Waals surface area contributed by atoms with Crippen LogP contribution in [-0.4, -0.2) is 10.5 Å². The minimum Gasteiger partial charge on any atom is -0.354 e. The fourth-order valence-electron chi connectivity index (χ4n) is 3.51. The maximum atomic E-state index is 14.1. The van der Waals surface area contributed by atoms with Gasteiger partial charge in [0.25, 0.3) is 0 Å². The van der Waals surface area contributed by atoms with Crippen molar-refractivity contribution in [3.8, 4) is 11.3 Å². The summed E-state index contributed by atoms with van der Waals surface area (Å²) >= 11 is -0.133. The molecule has 158 valence electrons. The van der Waals surface area contributed by atoms with Crippen LogP contribution in [0.3, 0.4) is 0 Å². The van der Waals surface area contributed by atoms with E-state index in [9.17, 15) is 22.4 Å². The minimum absolute atomic E-state index is 0.0486. The Morgan fingerprint density at radius 2 is 1.52 bits per heavy atom. The number of halogens is 4. The lowest BCUT2D eigenvalue weighted by molar-refractivity contribution is -0.0328. The minimum atomic E-state index is -4.30. The summed E-state index contributed by atoms with van der Waals surface area (Å²) in [6, 6.07) is 18.3. The Hall–Kier alpha value is -3.06. The zero-order chi connectivity index (χ0) is 22.2. The third kappa shape index (κ3) is 4.66. The van der Waals surface area contributed by atoms with Gasteiger partial charge in [-0.2, -0.15) is 13.2 Å². The molecule has 0 fully saturated rings. The molecule has 3 aromatic carbocycles. The highest BCUT2D eigenvalue weighted by Gasteiger charge is 2.29. The molecule has 0 radical (unpaired) electrons. The summed E-state index contributed by atoms with van der Waals surface area (Å²) < 4.78 is 51.4. The molecular weight excluding hydrogens is 426 g/mol. The van der Waals surface area contributed by atoms with Crippen molar-refractivity contribution < 1.29 is 17.6 Å². The zero-order valence-corrected chi connectivity index (χ0v) is 17.2. The molecule has 7 heteroatoms. The molecule has 1 N–H and O–H groups in total. The highest BCUT2D eigenvalue weighted by Crippen LogP contribution is 2.36. The number of hydrogen-bond acceptors (Lipinski definition) is 2. The molecule has 0 bridgehead atoms. The van der Waals surface area contributed by atoms with Crippen LogP contribution in [-0.2, 0) is 6.42 Å². The summed E-state index contributed by atoms with van der Waals surface area (Å²) in [4.78, 5) is 15.9. The molecule has 0 spiro atoms. The number of thioether (sulfide) groups is 1. The van der Waals surface area contributed by atoms with Crippen LogP contribution in [0, 0.1) is 12.7 Å². The molecule has 0 aliphatic carbocycles. The average molecular weight is 443 g/mol. The largest absolute Gasteiger partial charge is 0.446 e. The van der Waals surface area contributed by atoms with E-state index < -0.39 is 11.3 Å². The summed E-state index contributed by atoms with van der Waals surface area (Å²) in [5.74, 6) is -0.552. The molecule has 1 heterocycles. The zero-order valence-electron chi connectivity index (χ0n) is 16.4. The van der Waals surface area contributed by atoms with Crippen molar-refractivity contribution in [2.45, 2.75) is 23.7 Å². The van der Waals surface area contributed by atoms with E-state index in [1.165, 1.54) is 18.2 Å². The quantitative estimate of drug-likeness (QED) is 0.277. The van der Waals surface area contributed by atoms with E-state index in [1.807, 2.05) is 24.3 Å². The number of hydrogen-bond donors (Lipinski definition) is 1. The number of fused-ring (bicyclic) bond motifs is 1. The Morgan fingerprint density at radius 1 is 0.903 bits per heavy atom. The molecule has 31 heavy (non-hydrogen) atoms. The molecule has 0 aliphatic heterocycles. The number of alkyl halides is 3. The number of rotatable bonds is 4. The Labute approximate surface area is 179 Å². The van der Waals surface area contributed by atoms with Crippen LogP contribution in [0.1, 0.15) is 16.7 Å². The number of benzene rings is 3. The monoisotopic (exact) mass is 443 g/mol. The Kier molecular flexibility index (Phi) is 5.62. The maximum Gasteiger partial charge on any atom is 0.446 e. The summed E-state index contributed by atoms with van der Waals surface area (Å²) in [6.07, 6.45) is 0.565. The van der Waals surface area contributed by atoms with Gasteiger partial charge in [-0.15, -0.1) is 0 Å². The van der Waals surface area contributed by atoms with Gasteiger partial charge >= 0.3 is 5.51 Å². The molecule has 0 amide bonds. The smallest absolute Gasteiger partial charge is 0.354 e. The van der Waals surface area contributed by atoms with Gasteiger partial charge in [0.1, 0.15) is 5.82 Å². The van der Waals surface area contributed by atoms with Gasteiger partial charge in [0.05, 0.1) is 16.6 Å². The van der Waals surface area contributed by atoms with Crippen LogP contribution in [0.15, 0.2) is 76.4 Å². The molecule has 0 unspecified atom stereocenters. The Bertz CT molecular complexity index is 1290. The maximum absolute atomic E-state index is 14.1. The number of aromatic nitrogens is 1. The summed E-state index contributed by atoms with van der Waals surface area (Å²) in [5, 5.41) is 0.0486. The second-order valence-electron chi connectivity index (χ2n) is 7.18. The summed E-state index contributed by atoms with van der Waals surface area (Å²) in [7, 11) is 0. The number of aromatic amines is 1. The SMILES string of the molecule is Cc1c(-c2ccc(Cc3ccc(SC(F)(F)F)cc3)cc2)[nH]c2cccc(F)c2c1=O. The molecule has 1 aromatic heterocycles. The molecule has 0 saturated carbocycles. The lowest BCUT2D eigenvalue weighted by Crippen LogP contribution is -2.11. The van der Waals surface area contributed by atoms with Crippen molar-refractivity contribution in [3.63, 3.8) is 0 Å². The van der Waals surface area contributed by atoms with Crippen molar-refractivity contribution in [3.05, 3.63) is 99.5 Å². The van der Waals surface area contributed by atoms with Crippen molar-refractivity contribution in [2.24, 2.45) is 0 Å². The Morgan fingerprint density at radius 3 is 2.13 bits per heavy atom. The predicted molar refractivity (Wildman–Crippen MR) is 116 cm³/mol. The molecule has 4 aromatic rings. The first-order valence-electron chi connectivity index (χ1n) is 9.46. The molecule has 2 nitrogen and oxygen atoms in total. The average Bonchev–Trinajstić information content (AvgIpc) is 2.72. The van der Waals surface area contributed by atoms with E-state index in [0.29, 0.717) is 23.2 Å². The van der Waals surface area contributed by atoms with Crippen LogP contribution in [0.4, 0.5) is 17.6 Å². The van der Waals surface area contributed by atoms with Crippen LogP contribution in [0.5, 0.6) is 0 Å². The van der Waals surface area contributed by atoms with Crippen molar-refractivity contribution >= 4 is 22.7 Å². The van der Waals surface area contributed by atoms with Gasteiger partial charge in [0, 0.05) is 10.5 Å². The second-order valence-corrected chi connectivity index (χ2v) is 8.32. The van der Waals surface area contributed by atoms with E-state index in [4.69, 9.17) is 0 Å². The normalized spacial score (nSPS) is 11.8. The van der Waals surface area contributed by atoms with Gasteiger partial charge < -0.3 is 4.98 Å². The topological polar surface area (TPSA) is 32.9 Å². The molecule has 4 rings (SSSR count). The molecular formula is C24H17F4NOS. The third-order valence-electron chi connectivity index (χ3n) is 5.02. The van der Waals surface area contributed by atoms with E-state index in [-0.39, 0.29) is 27.5 Å². The first kappa shape index (κ1) is 21.2. The van der Waals surface area contributed by atoms with Gasteiger partial charge in [0.2, 0.25) is 0 Å². The molecule has 0 saturated heterocycles. The molecule has 0 atom stereocenters.